The molecule has 0 spiro atoms. The third-order valence-electron chi connectivity index (χ3n) is 7.67. The summed E-state index contributed by atoms with van der Waals surface area (Å²) in [5, 5.41) is 18.5. The molecule has 4 aromatic rings. The van der Waals surface area contributed by atoms with Crippen LogP contribution in [0, 0.1) is 0 Å². The number of likely N-dealkylation sites (tertiary alicyclic amines) is 1. The Morgan fingerprint density at radius 3 is 1.90 bits per heavy atom. The summed E-state index contributed by atoms with van der Waals surface area (Å²) in [7, 11) is 0. The Kier molecular flexibility index (Phi) is 7.85. The first-order valence-corrected chi connectivity index (χ1v) is 14.1. The molecular formula is C35H33NO5. The van der Waals surface area contributed by atoms with Gasteiger partial charge in [0.05, 0.1) is 0 Å². The highest BCUT2D eigenvalue weighted by Crippen LogP contribution is 2.31. The molecule has 0 bridgehead atoms. The van der Waals surface area contributed by atoms with Crippen molar-refractivity contribution in [3.8, 4) is 22.6 Å². The highest BCUT2D eigenvalue weighted by atomic mass is 16.5. The summed E-state index contributed by atoms with van der Waals surface area (Å²) in [6.45, 7) is 1.83. The van der Waals surface area contributed by atoms with E-state index in [0.29, 0.717) is 25.3 Å². The molecule has 1 aliphatic heterocycles. The number of benzene rings is 4. The third kappa shape index (κ3) is 6.68. The fourth-order valence-corrected chi connectivity index (χ4v) is 5.09. The highest BCUT2D eigenvalue weighted by Gasteiger charge is 2.25. The van der Waals surface area contributed by atoms with E-state index in [2.05, 4.69) is 6.08 Å². The van der Waals surface area contributed by atoms with E-state index in [4.69, 9.17) is 9.47 Å². The zero-order valence-corrected chi connectivity index (χ0v) is 22.8. The van der Waals surface area contributed by atoms with Gasteiger partial charge in [0, 0.05) is 37.1 Å². The van der Waals surface area contributed by atoms with Crippen molar-refractivity contribution in [2.75, 3.05) is 13.1 Å². The van der Waals surface area contributed by atoms with E-state index in [1.165, 1.54) is 11.1 Å². The van der Waals surface area contributed by atoms with Crippen molar-refractivity contribution in [1.82, 2.24) is 4.90 Å². The van der Waals surface area contributed by atoms with Gasteiger partial charge in [0.15, 0.2) is 6.29 Å². The predicted octanol–water partition coefficient (Wildman–Crippen LogP) is 6.39. The van der Waals surface area contributed by atoms with Crippen molar-refractivity contribution in [3.05, 3.63) is 125 Å². The number of ether oxygens (including phenoxy) is 2. The number of aliphatic hydroxyl groups excluding tert-OH is 1. The zero-order chi connectivity index (χ0) is 28.2. The second-order valence-electron chi connectivity index (χ2n) is 10.6. The molecule has 6 nitrogen and oxygen atoms in total. The number of carbonyl (C=O) groups excluding carboxylic acids is 1. The van der Waals surface area contributed by atoms with E-state index >= 15 is 0 Å². The molecule has 0 saturated carbocycles. The monoisotopic (exact) mass is 547 g/mol. The molecule has 0 unspecified atom stereocenters. The summed E-state index contributed by atoms with van der Waals surface area (Å²) < 4.78 is 12.2. The lowest BCUT2D eigenvalue weighted by Gasteiger charge is -2.32. The Balaban J connectivity index is 0.951. The number of hydrogen-bond acceptors (Lipinski definition) is 5. The average Bonchev–Trinajstić information content (AvgIpc) is 3.87. The first-order chi connectivity index (χ1) is 20.0. The Morgan fingerprint density at radius 1 is 0.756 bits per heavy atom. The van der Waals surface area contributed by atoms with Gasteiger partial charge in [-0.2, -0.15) is 0 Å². The van der Waals surface area contributed by atoms with Crippen LogP contribution in [0.4, 0.5) is 0 Å². The largest absolute Gasteiger partial charge is 0.490 e. The van der Waals surface area contributed by atoms with Gasteiger partial charge in [-0.05, 0) is 70.6 Å². The molecule has 208 valence electrons. The van der Waals surface area contributed by atoms with Crippen LogP contribution >= 0.6 is 0 Å². The van der Waals surface area contributed by atoms with Gasteiger partial charge < -0.3 is 24.6 Å². The molecule has 6 rings (SSSR count). The van der Waals surface area contributed by atoms with Crippen molar-refractivity contribution >= 4 is 11.5 Å². The van der Waals surface area contributed by atoms with E-state index < -0.39 is 6.29 Å². The van der Waals surface area contributed by atoms with Gasteiger partial charge >= 0.3 is 0 Å². The van der Waals surface area contributed by atoms with E-state index in [1.54, 1.807) is 12.1 Å². The number of nitrogens with zero attached hydrogens (tertiary/aromatic N) is 1. The Labute approximate surface area is 240 Å². The molecule has 0 radical (unpaired) electrons. The van der Waals surface area contributed by atoms with Gasteiger partial charge in [0.1, 0.15) is 24.2 Å². The van der Waals surface area contributed by atoms with Crippen LogP contribution in [0.25, 0.3) is 16.7 Å². The molecule has 0 aromatic heterocycles. The van der Waals surface area contributed by atoms with Crippen molar-refractivity contribution < 1.29 is 24.5 Å². The maximum atomic E-state index is 12.9. The van der Waals surface area contributed by atoms with Crippen LogP contribution in [0.15, 0.2) is 103 Å². The minimum Gasteiger partial charge on any atom is -0.490 e. The van der Waals surface area contributed by atoms with E-state index in [9.17, 15) is 15.0 Å². The molecule has 1 fully saturated rings. The fourth-order valence-electron chi connectivity index (χ4n) is 5.09. The zero-order valence-electron chi connectivity index (χ0n) is 22.8. The molecule has 41 heavy (non-hydrogen) atoms. The molecular weight excluding hydrogens is 514 g/mol. The van der Waals surface area contributed by atoms with Crippen molar-refractivity contribution in [2.24, 2.45) is 0 Å². The summed E-state index contributed by atoms with van der Waals surface area (Å²) in [6.07, 6.45) is 3.50. The smallest absolute Gasteiger partial charge is 0.253 e. The van der Waals surface area contributed by atoms with Crippen LogP contribution < -0.4 is 9.47 Å². The Morgan fingerprint density at radius 2 is 1.32 bits per heavy atom. The first-order valence-electron chi connectivity index (χ1n) is 14.1. The third-order valence-corrected chi connectivity index (χ3v) is 7.67. The molecule has 6 heteroatoms. The van der Waals surface area contributed by atoms with Crippen LogP contribution in [0.5, 0.6) is 11.5 Å². The lowest BCUT2D eigenvalue weighted by molar-refractivity contribution is -0.0424. The lowest BCUT2D eigenvalue weighted by Crippen LogP contribution is -2.41. The summed E-state index contributed by atoms with van der Waals surface area (Å²) >= 11 is 0. The van der Waals surface area contributed by atoms with Crippen LogP contribution in [0.1, 0.15) is 52.6 Å². The molecule has 2 aliphatic rings. The summed E-state index contributed by atoms with van der Waals surface area (Å²) in [6, 6.07) is 30.9. The van der Waals surface area contributed by atoms with Crippen molar-refractivity contribution in [3.63, 3.8) is 0 Å². The molecule has 1 amide bonds. The molecule has 0 atom stereocenters. The first kappa shape index (κ1) is 26.8. The van der Waals surface area contributed by atoms with Crippen LogP contribution in [-0.2, 0) is 6.61 Å². The van der Waals surface area contributed by atoms with Gasteiger partial charge in [0.2, 0.25) is 0 Å². The standard InChI is InChI=1S/C35H33NO5/c37-34(29-9-5-26(6-10-29)25-3-4-25)36-21-19-33(20-22-36)41-32-15-1-24(2-16-32)23-40-31-17-13-28(14-18-31)27-7-11-30(12-8-27)35(38)39/h1-3,5-18,33,35,38-39H,4,19-23H2. The Hall–Kier alpha value is -4.39. The predicted molar refractivity (Wildman–Crippen MR) is 158 cm³/mol. The second kappa shape index (κ2) is 12.0. The quantitative estimate of drug-likeness (QED) is 0.238. The SMILES string of the molecule is O=C(c1ccc(C2=CC2)cc1)N1CCC(Oc2ccc(COc3ccc(-c4ccc(C(O)O)cc4)cc3)cc2)CC1. The maximum absolute atomic E-state index is 12.9. The summed E-state index contributed by atoms with van der Waals surface area (Å²) in [4.78, 5) is 14.8. The van der Waals surface area contributed by atoms with E-state index in [1.807, 2.05) is 89.8 Å². The fraction of sp³-hybridized carbons (Fsp3) is 0.229. The van der Waals surface area contributed by atoms with Crippen LogP contribution in [0.3, 0.4) is 0 Å². The van der Waals surface area contributed by atoms with Crippen molar-refractivity contribution in [1.29, 1.82) is 0 Å². The van der Waals surface area contributed by atoms with Crippen LogP contribution in [-0.4, -0.2) is 40.2 Å². The van der Waals surface area contributed by atoms with Gasteiger partial charge in [0.25, 0.3) is 5.91 Å². The minimum absolute atomic E-state index is 0.0914. The van der Waals surface area contributed by atoms with E-state index in [0.717, 1.165) is 53.0 Å². The number of carbonyl (C=O) groups is 1. The van der Waals surface area contributed by atoms with Crippen LogP contribution in [0.2, 0.25) is 0 Å². The summed E-state index contributed by atoms with van der Waals surface area (Å²) in [5.74, 6) is 1.69. The maximum Gasteiger partial charge on any atom is 0.253 e. The number of piperidine rings is 1. The minimum atomic E-state index is -1.46. The average molecular weight is 548 g/mol. The molecule has 1 saturated heterocycles. The molecule has 1 aliphatic carbocycles. The topological polar surface area (TPSA) is 79.2 Å². The number of amides is 1. The summed E-state index contributed by atoms with van der Waals surface area (Å²) in [5.41, 5.74) is 6.85. The van der Waals surface area contributed by atoms with Gasteiger partial charge in [-0.15, -0.1) is 0 Å². The highest BCUT2D eigenvalue weighted by molar-refractivity contribution is 5.95. The number of aliphatic hydroxyl groups is 2. The van der Waals surface area contributed by atoms with Gasteiger partial charge in [-0.25, -0.2) is 0 Å². The Bertz CT molecular complexity index is 1500. The number of hydrogen-bond donors (Lipinski definition) is 2. The molecule has 1 heterocycles. The normalized spacial score (nSPS) is 15.0. The molecule has 2 N–H and O–H groups in total. The number of rotatable bonds is 9. The van der Waals surface area contributed by atoms with Crippen molar-refractivity contribution in [2.45, 2.75) is 38.3 Å². The lowest BCUT2D eigenvalue weighted by atomic mass is 10.0. The van der Waals surface area contributed by atoms with Gasteiger partial charge in [-0.1, -0.05) is 66.7 Å². The number of allylic oxidation sites excluding steroid dienone is 2. The van der Waals surface area contributed by atoms with E-state index in [-0.39, 0.29) is 12.0 Å². The van der Waals surface area contributed by atoms with Gasteiger partial charge in [-0.3, -0.25) is 4.79 Å². The second-order valence-corrected chi connectivity index (χ2v) is 10.6. The molecule has 4 aromatic carbocycles.